The number of quaternary nitrogens is 1. The van der Waals surface area contributed by atoms with Gasteiger partial charge in [-0.15, -0.1) is 0 Å². The van der Waals surface area contributed by atoms with Crippen LogP contribution in [0.3, 0.4) is 0 Å². The number of aryl methyl sites for hydroxylation is 1. The van der Waals surface area contributed by atoms with Crippen molar-refractivity contribution in [2.24, 2.45) is 17.3 Å². The molecular formula is C35H45BrNO2+. The number of unbranched alkanes of at least 4 members (excludes halogenated alkanes) is 1. The van der Waals surface area contributed by atoms with Gasteiger partial charge in [-0.05, 0) is 61.0 Å². The Kier molecular flexibility index (Phi) is 9.52. The normalized spacial score (nSPS) is 25.8. The summed E-state index contributed by atoms with van der Waals surface area (Å²) in [5, 5.41) is 0. The average Bonchev–Trinajstić information content (AvgIpc) is 3.83. The van der Waals surface area contributed by atoms with Gasteiger partial charge in [0, 0.05) is 18.4 Å². The standard InChI is InChI=1S/C19H28NO.C15H14O.CH3Br/c1-20(2,12-8-7-11-14-9-5-4-6-10-14)18-16-17(21-3)15-13-19(15,16)18;1-15(12-16,13-8-4-2-5-9-13)14-10-6-3-7-11-14;1-2/h4-6,9-10,15-18H,7-8,11-13H2,1-3H3;2-12H,1H3;1H3/q+1;;. The molecule has 6 rings (SSSR count). The molecule has 3 aromatic rings. The number of alkyl halides is 1. The van der Waals surface area contributed by atoms with Crippen LogP contribution in [0.25, 0.3) is 0 Å². The van der Waals surface area contributed by atoms with Gasteiger partial charge >= 0.3 is 0 Å². The molecule has 3 aliphatic carbocycles. The summed E-state index contributed by atoms with van der Waals surface area (Å²) in [7, 11) is 6.80. The van der Waals surface area contributed by atoms with Crippen LogP contribution in [0.15, 0.2) is 91.0 Å². The van der Waals surface area contributed by atoms with Gasteiger partial charge in [-0.25, -0.2) is 0 Å². The average molecular weight is 592 g/mol. The lowest BCUT2D eigenvalue weighted by atomic mass is 9.78. The van der Waals surface area contributed by atoms with Crippen LogP contribution in [0.2, 0.25) is 0 Å². The van der Waals surface area contributed by atoms with E-state index in [1.165, 1.54) is 42.3 Å². The van der Waals surface area contributed by atoms with Crippen LogP contribution < -0.4 is 0 Å². The molecule has 208 valence electrons. The van der Waals surface area contributed by atoms with E-state index >= 15 is 0 Å². The van der Waals surface area contributed by atoms with Crippen molar-refractivity contribution < 1.29 is 14.0 Å². The molecule has 4 heteroatoms. The highest BCUT2D eigenvalue weighted by Crippen LogP contribution is 2.88. The topological polar surface area (TPSA) is 26.3 Å². The fraction of sp³-hybridized carbons (Fsp3) is 0.457. The largest absolute Gasteiger partial charge is 0.381 e. The van der Waals surface area contributed by atoms with Gasteiger partial charge in [0.2, 0.25) is 0 Å². The van der Waals surface area contributed by atoms with Crippen LogP contribution in [-0.2, 0) is 21.4 Å². The maximum atomic E-state index is 11.4. The van der Waals surface area contributed by atoms with Crippen molar-refractivity contribution in [2.45, 2.75) is 50.2 Å². The van der Waals surface area contributed by atoms with Gasteiger partial charge in [-0.2, -0.15) is 0 Å². The van der Waals surface area contributed by atoms with Crippen LogP contribution in [0, 0.1) is 17.3 Å². The second kappa shape index (κ2) is 12.5. The van der Waals surface area contributed by atoms with E-state index in [0.717, 1.165) is 40.7 Å². The molecular weight excluding hydrogens is 546 g/mol. The lowest BCUT2D eigenvalue weighted by Gasteiger charge is -2.31. The number of aldehydes is 1. The first-order valence-electron chi connectivity index (χ1n) is 14.2. The Morgan fingerprint density at radius 3 is 1.87 bits per heavy atom. The molecule has 3 nitrogen and oxygen atoms in total. The Morgan fingerprint density at radius 2 is 1.41 bits per heavy atom. The monoisotopic (exact) mass is 590 g/mol. The molecule has 3 aliphatic rings. The summed E-state index contributed by atoms with van der Waals surface area (Å²) in [6.45, 7) is 3.27. The fourth-order valence-electron chi connectivity index (χ4n) is 7.45. The molecule has 3 saturated carbocycles. The van der Waals surface area contributed by atoms with Gasteiger partial charge < -0.3 is 14.0 Å². The number of nitrogens with zero attached hydrogens (tertiary/aromatic N) is 1. The zero-order chi connectivity index (χ0) is 28.1. The number of carbonyl (C=O) groups is 1. The molecule has 5 unspecified atom stereocenters. The van der Waals surface area contributed by atoms with E-state index in [-0.39, 0.29) is 0 Å². The van der Waals surface area contributed by atoms with Crippen molar-refractivity contribution in [3.8, 4) is 0 Å². The third-order valence-electron chi connectivity index (χ3n) is 9.56. The third kappa shape index (κ3) is 5.80. The van der Waals surface area contributed by atoms with Crippen LogP contribution in [-0.4, -0.2) is 56.5 Å². The van der Waals surface area contributed by atoms with E-state index < -0.39 is 5.41 Å². The molecule has 3 fully saturated rings. The number of carbonyl (C=O) groups excluding carboxylic acids is 1. The smallest absolute Gasteiger partial charge is 0.134 e. The van der Waals surface area contributed by atoms with Gasteiger partial charge in [0.25, 0.3) is 0 Å². The third-order valence-corrected chi connectivity index (χ3v) is 9.56. The minimum absolute atomic E-state index is 0.553. The Hall–Kier alpha value is -2.27. The van der Waals surface area contributed by atoms with Crippen LogP contribution in [0.4, 0.5) is 0 Å². The summed E-state index contributed by atoms with van der Waals surface area (Å²) in [5.74, 6) is 3.61. The first kappa shape index (κ1) is 29.7. The minimum atomic E-state index is -0.553. The summed E-state index contributed by atoms with van der Waals surface area (Å²) in [6, 6.07) is 31.5. The molecule has 0 amide bonds. The highest BCUT2D eigenvalue weighted by molar-refractivity contribution is 9.08. The lowest BCUT2D eigenvalue weighted by Crippen LogP contribution is -2.44. The van der Waals surface area contributed by atoms with Crippen LogP contribution in [0.5, 0.6) is 0 Å². The molecule has 0 heterocycles. The molecule has 0 aliphatic heterocycles. The highest BCUT2D eigenvalue weighted by atomic mass is 79.9. The number of methoxy groups -OCH3 is 1. The van der Waals surface area contributed by atoms with E-state index in [9.17, 15) is 4.79 Å². The molecule has 0 radical (unpaired) electrons. The van der Waals surface area contributed by atoms with E-state index in [4.69, 9.17) is 4.74 Å². The van der Waals surface area contributed by atoms with Gasteiger partial charge in [-0.3, -0.25) is 0 Å². The summed E-state index contributed by atoms with van der Waals surface area (Å²) < 4.78 is 6.91. The SMILES string of the molecule is CBr.CC(C=O)(c1ccccc1)c1ccccc1.COC1C2CC23C1C3[N+](C)(C)CCCCc1ccccc1. The zero-order valence-corrected chi connectivity index (χ0v) is 25.8. The quantitative estimate of drug-likeness (QED) is 0.107. The van der Waals surface area contributed by atoms with Crippen molar-refractivity contribution in [1.29, 1.82) is 0 Å². The highest BCUT2D eigenvalue weighted by Gasteiger charge is 2.95. The second-order valence-corrected chi connectivity index (χ2v) is 12.1. The Labute approximate surface area is 244 Å². The first-order valence-corrected chi connectivity index (χ1v) is 15.8. The van der Waals surface area contributed by atoms with Crippen molar-refractivity contribution in [3.05, 3.63) is 108 Å². The number of ether oxygens (including phenoxy) is 1. The number of hydrogen-bond donors (Lipinski definition) is 0. The molecule has 3 aromatic carbocycles. The van der Waals surface area contributed by atoms with Crippen molar-refractivity contribution in [2.75, 3.05) is 33.6 Å². The molecule has 39 heavy (non-hydrogen) atoms. The molecule has 5 atom stereocenters. The second-order valence-electron chi connectivity index (χ2n) is 12.1. The predicted molar refractivity (Wildman–Crippen MR) is 165 cm³/mol. The Balaban J connectivity index is 0.000000176. The van der Waals surface area contributed by atoms with E-state index in [1.54, 1.807) is 0 Å². The molecule has 0 N–H and O–H groups in total. The number of rotatable bonds is 10. The minimum Gasteiger partial charge on any atom is -0.381 e. The summed E-state index contributed by atoms with van der Waals surface area (Å²) in [6.07, 6.45) is 6.93. The zero-order valence-electron chi connectivity index (χ0n) is 24.2. The summed E-state index contributed by atoms with van der Waals surface area (Å²) in [5.41, 5.74) is 3.72. The van der Waals surface area contributed by atoms with E-state index in [0.29, 0.717) is 6.10 Å². The fourth-order valence-corrected chi connectivity index (χ4v) is 7.45. The van der Waals surface area contributed by atoms with Crippen molar-refractivity contribution in [3.63, 3.8) is 0 Å². The van der Waals surface area contributed by atoms with Gasteiger partial charge in [-0.1, -0.05) is 107 Å². The molecule has 1 spiro atoms. The van der Waals surface area contributed by atoms with E-state index in [1.807, 2.05) is 80.5 Å². The summed E-state index contributed by atoms with van der Waals surface area (Å²) in [4.78, 5) is 11.4. The Bertz CT molecular complexity index is 1140. The van der Waals surface area contributed by atoms with Crippen molar-refractivity contribution >= 4 is 22.2 Å². The number of halogens is 1. The Morgan fingerprint density at radius 1 is 0.897 bits per heavy atom. The van der Waals surface area contributed by atoms with Crippen LogP contribution in [0.1, 0.15) is 42.9 Å². The van der Waals surface area contributed by atoms with Gasteiger partial charge in [0.1, 0.15) is 12.3 Å². The number of benzene rings is 3. The summed E-state index contributed by atoms with van der Waals surface area (Å²) >= 11 is 2.94. The molecule has 0 bridgehead atoms. The first-order chi connectivity index (χ1) is 18.9. The van der Waals surface area contributed by atoms with E-state index in [2.05, 4.69) is 60.4 Å². The molecule has 0 saturated heterocycles. The molecule has 0 aromatic heterocycles. The van der Waals surface area contributed by atoms with Crippen LogP contribution >= 0.6 is 15.9 Å². The van der Waals surface area contributed by atoms with Gasteiger partial charge in [0.15, 0.2) is 0 Å². The number of hydrogen-bond acceptors (Lipinski definition) is 2. The van der Waals surface area contributed by atoms with Crippen molar-refractivity contribution in [1.82, 2.24) is 0 Å². The predicted octanol–water partition coefficient (Wildman–Crippen LogP) is 7.32. The lowest BCUT2D eigenvalue weighted by molar-refractivity contribution is -0.904. The van der Waals surface area contributed by atoms with Gasteiger partial charge in [0.05, 0.1) is 32.2 Å². The maximum Gasteiger partial charge on any atom is 0.134 e. The maximum absolute atomic E-state index is 11.4.